The molecular weight excluding hydrogens is 382 g/mol. The Morgan fingerprint density at radius 1 is 1.15 bits per heavy atom. The van der Waals surface area contributed by atoms with E-state index in [0.717, 1.165) is 9.77 Å². The number of benzene rings is 1. The van der Waals surface area contributed by atoms with Gasteiger partial charge in [0.1, 0.15) is 0 Å². The standard InChI is InChI=1S/C19H21N3O3S2/c20-17(23)12-27-15-5-2-1-4-14(15)21-18(24)13-7-9-22(10-8-13)19(25)16-6-3-11-26-16/h1-6,11,13H,7-10,12H2,(H2,20,23)(H,21,24). The van der Waals surface area contributed by atoms with Crippen molar-refractivity contribution in [2.24, 2.45) is 11.7 Å². The van der Waals surface area contributed by atoms with Crippen molar-refractivity contribution in [1.82, 2.24) is 4.90 Å². The number of rotatable bonds is 6. The summed E-state index contributed by atoms with van der Waals surface area (Å²) in [6, 6.07) is 11.1. The van der Waals surface area contributed by atoms with Crippen molar-refractivity contribution in [3.63, 3.8) is 0 Å². The van der Waals surface area contributed by atoms with Crippen LogP contribution in [0.1, 0.15) is 22.5 Å². The largest absolute Gasteiger partial charge is 0.369 e. The second kappa shape index (κ2) is 9.05. The first kappa shape index (κ1) is 19.4. The van der Waals surface area contributed by atoms with Crippen molar-refractivity contribution in [2.45, 2.75) is 17.7 Å². The zero-order valence-electron chi connectivity index (χ0n) is 14.7. The second-order valence-electron chi connectivity index (χ2n) is 6.28. The number of thiophene rings is 1. The Hall–Kier alpha value is -2.32. The van der Waals surface area contributed by atoms with Crippen LogP contribution in [0.5, 0.6) is 0 Å². The van der Waals surface area contributed by atoms with E-state index < -0.39 is 5.91 Å². The molecule has 0 bridgehead atoms. The highest BCUT2D eigenvalue weighted by Gasteiger charge is 2.28. The van der Waals surface area contributed by atoms with E-state index in [9.17, 15) is 14.4 Å². The van der Waals surface area contributed by atoms with Gasteiger partial charge in [-0.05, 0) is 36.4 Å². The van der Waals surface area contributed by atoms with Gasteiger partial charge >= 0.3 is 0 Å². The number of amides is 3. The van der Waals surface area contributed by atoms with Crippen LogP contribution in [-0.4, -0.2) is 41.5 Å². The van der Waals surface area contributed by atoms with Crippen LogP contribution < -0.4 is 11.1 Å². The summed E-state index contributed by atoms with van der Waals surface area (Å²) in [4.78, 5) is 39.4. The lowest BCUT2D eigenvalue weighted by Gasteiger charge is -2.31. The van der Waals surface area contributed by atoms with Gasteiger partial charge in [0.05, 0.1) is 16.3 Å². The number of anilines is 1. The maximum atomic E-state index is 12.6. The van der Waals surface area contributed by atoms with Crippen LogP contribution in [0, 0.1) is 5.92 Å². The monoisotopic (exact) mass is 403 g/mol. The van der Waals surface area contributed by atoms with Gasteiger partial charge < -0.3 is 16.0 Å². The van der Waals surface area contributed by atoms with Gasteiger partial charge in [-0.3, -0.25) is 14.4 Å². The van der Waals surface area contributed by atoms with Crippen LogP contribution in [0.25, 0.3) is 0 Å². The number of primary amides is 1. The van der Waals surface area contributed by atoms with Gasteiger partial charge in [-0.2, -0.15) is 0 Å². The minimum atomic E-state index is -0.399. The summed E-state index contributed by atoms with van der Waals surface area (Å²) in [5, 5.41) is 4.85. The van der Waals surface area contributed by atoms with Crippen molar-refractivity contribution in [1.29, 1.82) is 0 Å². The second-order valence-corrected chi connectivity index (χ2v) is 8.25. The van der Waals surface area contributed by atoms with Gasteiger partial charge in [0, 0.05) is 23.9 Å². The lowest BCUT2D eigenvalue weighted by Crippen LogP contribution is -2.41. The van der Waals surface area contributed by atoms with Crippen molar-refractivity contribution >= 4 is 46.5 Å². The fourth-order valence-electron chi connectivity index (χ4n) is 2.98. The molecule has 142 valence electrons. The lowest BCUT2D eigenvalue weighted by atomic mass is 9.95. The predicted molar refractivity (Wildman–Crippen MR) is 108 cm³/mol. The average molecular weight is 404 g/mol. The molecule has 0 saturated carbocycles. The molecule has 3 amide bonds. The molecule has 0 aliphatic carbocycles. The Kier molecular flexibility index (Phi) is 6.52. The molecule has 3 rings (SSSR count). The Balaban J connectivity index is 1.56. The molecule has 1 aromatic carbocycles. The van der Waals surface area contributed by atoms with E-state index in [-0.39, 0.29) is 23.5 Å². The summed E-state index contributed by atoms with van der Waals surface area (Å²) in [6.07, 6.45) is 1.28. The number of nitrogens with two attached hydrogens (primary N) is 1. The van der Waals surface area contributed by atoms with Gasteiger partial charge in [0.2, 0.25) is 11.8 Å². The van der Waals surface area contributed by atoms with Gasteiger partial charge in [0.15, 0.2) is 0 Å². The molecule has 1 aliphatic heterocycles. The van der Waals surface area contributed by atoms with Crippen molar-refractivity contribution in [2.75, 3.05) is 24.2 Å². The van der Waals surface area contributed by atoms with Crippen LogP contribution in [0.3, 0.4) is 0 Å². The van der Waals surface area contributed by atoms with Crippen LogP contribution in [0.2, 0.25) is 0 Å². The fraction of sp³-hybridized carbons (Fsp3) is 0.316. The highest BCUT2D eigenvalue weighted by molar-refractivity contribution is 8.00. The lowest BCUT2D eigenvalue weighted by molar-refractivity contribution is -0.121. The zero-order chi connectivity index (χ0) is 19.2. The molecule has 2 heterocycles. The third-order valence-corrected chi connectivity index (χ3v) is 6.35. The number of hydrogen-bond donors (Lipinski definition) is 2. The molecule has 3 N–H and O–H groups in total. The number of para-hydroxylation sites is 1. The van der Waals surface area contributed by atoms with Crippen LogP contribution in [0.15, 0.2) is 46.7 Å². The molecule has 1 aromatic heterocycles. The summed E-state index contributed by atoms with van der Waals surface area (Å²) in [5.41, 5.74) is 5.89. The van der Waals surface area contributed by atoms with E-state index in [1.807, 2.05) is 46.7 Å². The van der Waals surface area contributed by atoms with E-state index in [4.69, 9.17) is 5.73 Å². The first-order valence-electron chi connectivity index (χ1n) is 8.68. The summed E-state index contributed by atoms with van der Waals surface area (Å²) >= 11 is 2.74. The molecule has 2 aromatic rings. The van der Waals surface area contributed by atoms with E-state index in [2.05, 4.69) is 5.32 Å². The first-order chi connectivity index (χ1) is 13.0. The molecule has 8 heteroatoms. The summed E-state index contributed by atoms with van der Waals surface area (Å²) in [6.45, 7) is 1.15. The first-order valence-corrected chi connectivity index (χ1v) is 10.5. The Bertz CT molecular complexity index is 815. The van der Waals surface area contributed by atoms with E-state index in [1.54, 1.807) is 0 Å². The summed E-state index contributed by atoms with van der Waals surface area (Å²) < 4.78 is 0. The third-order valence-electron chi connectivity index (χ3n) is 4.40. The predicted octanol–water partition coefficient (Wildman–Crippen LogP) is 2.82. The molecule has 1 fully saturated rings. The van der Waals surface area contributed by atoms with Crippen LogP contribution in [0.4, 0.5) is 5.69 Å². The molecule has 0 spiro atoms. The molecule has 0 atom stereocenters. The molecule has 0 radical (unpaired) electrons. The average Bonchev–Trinajstić information content (AvgIpc) is 3.21. The Morgan fingerprint density at radius 2 is 1.89 bits per heavy atom. The number of carbonyl (C=O) groups excluding carboxylic acids is 3. The number of hydrogen-bond acceptors (Lipinski definition) is 5. The SMILES string of the molecule is NC(=O)CSc1ccccc1NC(=O)C1CCN(C(=O)c2cccs2)CC1. The van der Waals surface area contributed by atoms with Gasteiger partial charge in [0.25, 0.3) is 5.91 Å². The molecule has 1 aliphatic rings. The smallest absolute Gasteiger partial charge is 0.263 e. The highest BCUT2D eigenvalue weighted by Crippen LogP contribution is 2.28. The minimum absolute atomic E-state index is 0.0389. The van der Waals surface area contributed by atoms with Crippen molar-refractivity contribution in [3.8, 4) is 0 Å². The van der Waals surface area contributed by atoms with Crippen LogP contribution >= 0.6 is 23.1 Å². The van der Waals surface area contributed by atoms with Gasteiger partial charge in [-0.1, -0.05) is 18.2 Å². The number of piperidine rings is 1. The van der Waals surface area contributed by atoms with E-state index in [0.29, 0.717) is 31.6 Å². The maximum absolute atomic E-state index is 12.6. The van der Waals surface area contributed by atoms with Crippen LogP contribution in [-0.2, 0) is 9.59 Å². The topological polar surface area (TPSA) is 92.5 Å². The Labute approximate surface area is 166 Å². The molecule has 27 heavy (non-hydrogen) atoms. The molecule has 1 saturated heterocycles. The van der Waals surface area contributed by atoms with Gasteiger partial charge in [-0.15, -0.1) is 23.1 Å². The third kappa shape index (κ3) is 5.11. The Morgan fingerprint density at radius 3 is 2.56 bits per heavy atom. The zero-order valence-corrected chi connectivity index (χ0v) is 16.4. The van der Waals surface area contributed by atoms with Gasteiger partial charge in [-0.25, -0.2) is 0 Å². The minimum Gasteiger partial charge on any atom is -0.369 e. The van der Waals surface area contributed by atoms with Crippen molar-refractivity contribution in [3.05, 3.63) is 46.7 Å². The number of likely N-dealkylation sites (tertiary alicyclic amines) is 1. The number of nitrogens with zero attached hydrogens (tertiary/aromatic N) is 1. The quantitative estimate of drug-likeness (QED) is 0.726. The highest BCUT2D eigenvalue weighted by atomic mass is 32.2. The number of carbonyl (C=O) groups is 3. The van der Waals surface area contributed by atoms with E-state index >= 15 is 0 Å². The molecular formula is C19H21N3O3S2. The summed E-state index contributed by atoms with van der Waals surface area (Å²) in [5.74, 6) is -0.381. The number of nitrogens with one attached hydrogen (secondary N) is 1. The van der Waals surface area contributed by atoms with E-state index in [1.165, 1.54) is 23.1 Å². The summed E-state index contributed by atoms with van der Waals surface area (Å²) in [7, 11) is 0. The van der Waals surface area contributed by atoms with Crippen molar-refractivity contribution < 1.29 is 14.4 Å². The maximum Gasteiger partial charge on any atom is 0.263 e. The normalized spacial score (nSPS) is 14.7. The number of thioether (sulfide) groups is 1. The fourth-order valence-corrected chi connectivity index (χ4v) is 4.42. The molecule has 6 nitrogen and oxygen atoms in total. The molecule has 0 unspecified atom stereocenters.